The zero-order valence-corrected chi connectivity index (χ0v) is 40.4. The second-order valence-corrected chi connectivity index (χ2v) is 18.5. The maximum Gasteiger partial charge on any atom is 0.573 e. The molecule has 0 saturated carbocycles. The Labute approximate surface area is 417 Å². The maximum atomic E-state index is 14.1. The van der Waals surface area contributed by atoms with Crippen molar-refractivity contribution in [1.82, 2.24) is 30.3 Å². The van der Waals surface area contributed by atoms with Crippen LogP contribution in [0.2, 0.25) is 10.0 Å². The van der Waals surface area contributed by atoms with Crippen LogP contribution in [0.3, 0.4) is 0 Å². The van der Waals surface area contributed by atoms with Gasteiger partial charge >= 0.3 is 12.7 Å². The average molecular weight is 1030 g/mol. The van der Waals surface area contributed by atoms with Crippen LogP contribution < -0.4 is 34.9 Å². The minimum Gasteiger partial charge on any atom is -0.493 e. The van der Waals surface area contributed by atoms with Crippen molar-refractivity contribution >= 4 is 40.0 Å². The van der Waals surface area contributed by atoms with Crippen molar-refractivity contribution in [3.05, 3.63) is 142 Å². The number of carbonyl (C=O) groups excluding carboxylic acids is 1. The Kier molecular flexibility index (Phi) is 16.6. The number of ether oxygens (including phenoxy) is 4. The van der Waals surface area contributed by atoms with Crippen molar-refractivity contribution in [2.24, 2.45) is 0 Å². The Morgan fingerprint density at radius 2 is 1.34 bits per heavy atom. The van der Waals surface area contributed by atoms with Crippen LogP contribution in [0.4, 0.5) is 26.3 Å². The van der Waals surface area contributed by atoms with Crippen molar-refractivity contribution in [1.29, 1.82) is 0 Å². The molecule has 3 N–H and O–H groups in total. The van der Waals surface area contributed by atoms with Crippen molar-refractivity contribution in [3.8, 4) is 34.1 Å². The van der Waals surface area contributed by atoms with Gasteiger partial charge in [-0.05, 0) is 115 Å². The smallest absolute Gasteiger partial charge is 0.493 e. The summed E-state index contributed by atoms with van der Waals surface area (Å²) in [5, 5.41) is 12.3. The minimum absolute atomic E-state index is 0.0639. The molecule has 2 aliphatic rings. The van der Waals surface area contributed by atoms with Gasteiger partial charge in [0.25, 0.3) is 0 Å². The van der Waals surface area contributed by atoms with E-state index in [0.717, 1.165) is 71.4 Å². The SMILES string of the molecule is COc1ccc(CNC2(C(=O)NCCCn3cc(-c4ccc(OC(F)(F)F)cc4)c4cc(CN5CCN(Cc6c(Cl)cccc6Cl)CC5)ccc43)CCNCC2)cc1OCc1ccc(OC(F)(F)F)cc1. The number of aromatic nitrogens is 1. The fraction of sp³-hybridized carbons (Fsp3) is 0.365. The minimum atomic E-state index is -4.81. The summed E-state index contributed by atoms with van der Waals surface area (Å²) in [7, 11) is 1.51. The molecule has 0 radical (unpaired) electrons. The van der Waals surface area contributed by atoms with Gasteiger partial charge in [-0.1, -0.05) is 65.7 Å². The molecule has 2 fully saturated rings. The molecular formula is C52H54Cl2F6N6O5. The number of alkyl halides is 6. The molecule has 11 nitrogen and oxygen atoms in total. The van der Waals surface area contributed by atoms with E-state index in [1.54, 1.807) is 18.2 Å². The van der Waals surface area contributed by atoms with Crippen molar-refractivity contribution in [2.75, 3.05) is 52.9 Å². The maximum absolute atomic E-state index is 14.1. The number of piperidine rings is 1. The van der Waals surface area contributed by atoms with Gasteiger partial charge in [-0.25, -0.2) is 0 Å². The molecule has 5 aromatic carbocycles. The lowest BCUT2D eigenvalue weighted by Gasteiger charge is -2.37. The van der Waals surface area contributed by atoms with Gasteiger partial charge in [0, 0.05) is 97.2 Å². The predicted octanol–water partition coefficient (Wildman–Crippen LogP) is 10.7. The van der Waals surface area contributed by atoms with Crippen molar-refractivity contribution in [3.63, 3.8) is 0 Å². The van der Waals surface area contributed by atoms with E-state index < -0.39 is 18.3 Å². The van der Waals surface area contributed by atoms with E-state index in [9.17, 15) is 31.1 Å². The van der Waals surface area contributed by atoms with Gasteiger partial charge in [0.2, 0.25) is 5.91 Å². The second kappa shape index (κ2) is 22.8. The molecule has 1 aromatic heterocycles. The highest BCUT2D eigenvalue weighted by Gasteiger charge is 2.39. The number of nitrogens with one attached hydrogen (secondary N) is 3. The van der Waals surface area contributed by atoms with Gasteiger partial charge in [0.15, 0.2) is 11.5 Å². The highest BCUT2D eigenvalue weighted by Crippen LogP contribution is 2.35. The number of methoxy groups -OCH3 is 1. The van der Waals surface area contributed by atoms with Crippen LogP contribution in [-0.4, -0.2) is 91.5 Å². The number of hydrogen-bond acceptors (Lipinski definition) is 9. The molecule has 0 unspecified atom stereocenters. The molecule has 8 rings (SSSR count). The Bertz CT molecular complexity index is 2720. The molecule has 1 amide bonds. The standard InChI is InChI=1S/C52H54Cl2F6N6O5/c1-68-47-17-9-36(29-48(47)69-34-35-6-12-39(13-7-35)70-51(55,56)57)30-63-50(18-21-61-22-19-50)49(67)62-20-3-23-66-33-42(38-10-14-40(15-11-38)71-52(58,59)60)41-28-37(8-16-46(41)66)31-64-24-26-65(27-25-64)32-43-44(53)4-2-5-45(43)54/h2,4-17,28-29,33,61,63H,3,18-27,30-32,34H2,1H3,(H,62,67). The molecular weight excluding hydrogens is 974 g/mol. The number of aryl methyl sites for hydroxylation is 1. The number of benzene rings is 5. The fourth-order valence-corrected chi connectivity index (χ4v) is 9.60. The Hall–Kier alpha value is -5.69. The number of carbonyl (C=O) groups is 1. The molecule has 3 heterocycles. The number of fused-ring (bicyclic) bond motifs is 1. The van der Waals surface area contributed by atoms with Crippen LogP contribution >= 0.6 is 23.2 Å². The summed E-state index contributed by atoms with van der Waals surface area (Å²) in [6.45, 7) is 7.42. The van der Waals surface area contributed by atoms with Crippen molar-refractivity contribution in [2.45, 2.75) is 70.3 Å². The van der Waals surface area contributed by atoms with E-state index in [0.29, 0.717) is 85.6 Å². The lowest BCUT2D eigenvalue weighted by Crippen LogP contribution is -2.61. The van der Waals surface area contributed by atoms with Crippen LogP contribution in [0, 0.1) is 0 Å². The summed E-state index contributed by atoms with van der Waals surface area (Å²) in [5.74, 6) is 0.161. The van der Waals surface area contributed by atoms with Gasteiger partial charge in [-0.2, -0.15) is 0 Å². The Balaban J connectivity index is 0.907. The number of hydrogen-bond donors (Lipinski definition) is 3. The molecule has 0 spiro atoms. The molecule has 2 aliphatic heterocycles. The molecule has 19 heteroatoms. The monoisotopic (exact) mass is 1030 g/mol. The number of amides is 1. The van der Waals surface area contributed by atoms with E-state index in [1.807, 2.05) is 36.5 Å². The first-order chi connectivity index (χ1) is 34.0. The Morgan fingerprint density at radius 3 is 1.97 bits per heavy atom. The number of piperazine rings is 1. The first kappa shape index (κ1) is 51.7. The summed E-state index contributed by atoms with van der Waals surface area (Å²) in [4.78, 5) is 18.8. The molecule has 6 aromatic rings. The molecule has 0 aliphatic carbocycles. The van der Waals surface area contributed by atoms with Crippen molar-refractivity contribution < 1.29 is 50.1 Å². The zero-order chi connectivity index (χ0) is 50.2. The predicted molar refractivity (Wildman–Crippen MR) is 261 cm³/mol. The van der Waals surface area contributed by atoms with Crippen LogP contribution in [0.15, 0.2) is 109 Å². The normalized spacial score (nSPS) is 15.7. The third-order valence-electron chi connectivity index (χ3n) is 12.8. The number of nitrogens with zero attached hydrogens (tertiary/aromatic N) is 3. The molecule has 378 valence electrons. The number of halogens is 8. The first-order valence-electron chi connectivity index (χ1n) is 23.3. The average Bonchev–Trinajstić information content (AvgIpc) is 3.70. The number of rotatable bonds is 19. The van der Waals surface area contributed by atoms with Gasteiger partial charge in [-0.3, -0.25) is 19.9 Å². The van der Waals surface area contributed by atoms with Gasteiger partial charge in [-0.15, -0.1) is 26.3 Å². The molecule has 0 bridgehead atoms. The largest absolute Gasteiger partial charge is 0.573 e. The molecule has 2 saturated heterocycles. The Morgan fingerprint density at radius 1 is 0.732 bits per heavy atom. The van der Waals surface area contributed by atoms with Crippen LogP contribution in [0.1, 0.15) is 41.5 Å². The quantitative estimate of drug-likeness (QED) is 0.0541. The summed E-state index contributed by atoms with van der Waals surface area (Å²) in [5.41, 5.74) is 5.20. The molecule has 71 heavy (non-hydrogen) atoms. The topological polar surface area (TPSA) is 101 Å². The highest BCUT2D eigenvalue weighted by atomic mass is 35.5. The van der Waals surface area contributed by atoms with Crippen LogP contribution in [-0.2, 0) is 37.6 Å². The summed E-state index contributed by atoms with van der Waals surface area (Å²) >= 11 is 12.9. The van der Waals surface area contributed by atoms with E-state index in [-0.39, 0.29) is 24.0 Å². The lowest BCUT2D eigenvalue weighted by molar-refractivity contribution is -0.275. The van der Waals surface area contributed by atoms with E-state index >= 15 is 0 Å². The third kappa shape index (κ3) is 13.8. The van der Waals surface area contributed by atoms with E-state index in [1.165, 1.54) is 43.5 Å². The fourth-order valence-electron chi connectivity index (χ4n) is 9.09. The lowest BCUT2D eigenvalue weighted by atomic mass is 9.87. The summed E-state index contributed by atoms with van der Waals surface area (Å²) < 4.78 is 98.8. The van der Waals surface area contributed by atoms with Crippen LogP contribution in [0.25, 0.3) is 22.0 Å². The molecule has 0 atom stereocenters. The second-order valence-electron chi connectivity index (χ2n) is 17.7. The van der Waals surface area contributed by atoms with Crippen LogP contribution in [0.5, 0.6) is 23.0 Å². The van der Waals surface area contributed by atoms with Gasteiger partial charge in [0.05, 0.1) is 7.11 Å². The van der Waals surface area contributed by atoms with E-state index in [2.05, 4.69) is 58.0 Å². The first-order valence-corrected chi connectivity index (χ1v) is 24.0. The van der Waals surface area contributed by atoms with E-state index in [4.69, 9.17) is 32.7 Å². The summed E-state index contributed by atoms with van der Waals surface area (Å²) in [6, 6.07) is 28.7. The third-order valence-corrected chi connectivity index (χ3v) is 13.5. The van der Waals surface area contributed by atoms with Gasteiger partial charge in [0.1, 0.15) is 23.6 Å². The zero-order valence-electron chi connectivity index (χ0n) is 38.9. The highest BCUT2D eigenvalue weighted by molar-refractivity contribution is 6.36. The van der Waals surface area contributed by atoms with Gasteiger partial charge < -0.3 is 34.1 Å². The summed E-state index contributed by atoms with van der Waals surface area (Å²) in [6.07, 6.45) is -5.87.